The fraction of sp³-hybridized carbons (Fsp3) is 0.0667. The first-order valence-corrected chi connectivity index (χ1v) is 7.39. The molecule has 0 bridgehead atoms. The summed E-state index contributed by atoms with van der Waals surface area (Å²) in [5.74, 6) is 0.343. The number of hydrogen-bond donors (Lipinski definition) is 0. The number of imidazole rings is 1. The van der Waals surface area contributed by atoms with Crippen LogP contribution in [0.2, 0.25) is 0 Å². The maximum Gasteiger partial charge on any atom is 0.129 e. The van der Waals surface area contributed by atoms with Gasteiger partial charge in [-0.25, -0.2) is 9.37 Å². The third-order valence-electron chi connectivity index (χ3n) is 3.13. The van der Waals surface area contributed by atoms with Crippen molar-refractivity contribution in [3.05, 3.63) is 58.1 Å². The van der Waals surface area contributed by atoms with Crippen molar-refractivity contribution in [2.45, 2.75) is 5.88 Å². The van der Waals surface area contributed by atoms with Crippen LogP contribution in [0.15, 0.2) is 40.9 Å². The molecule has 0 spiro atoms. The molecule has 6 heteroatoms. The number of fused-ring (bicyclic) bond motifs is 1. The summed E-state index contributed by atoms with van der Waals surface area (Å²) >= 11 is 9.39. The highest BCUT2D eigenvalue weighted by atomic mass is 79.9. The standard InChI is InChI=1S/C15H8BrClFN3/c16-10-1-3-12-14(6-10)21(15(7-17)20-12)13-4-2-11(18)5-9(13)8-19/h1-6H,7H2. The van der Waals surface area contributed by atoms with Gasteiger partial charge in [-0.3, -0.25) is 4.57 Å². The Morgan fingerprint density at radius 1 is 1.29 bits per heavy atom. The van der Waals surface area contributed by atoms with Gasteiger partial charge < -0.3 is 0 Å². The van der Waals surface area contributed by atoms with E-state index < -0.39 is 5.82 Å². The Labute approximate surface area is 133 Å². The van der Waals surface area contributed by atoms with Gasteiger partial charge in [0, 0.05) is 4.47 Å². The van der Waals surface area contributed by atoms with E-state index in [0.717, 1.165) is 15.5 Å². The monoisotopic (exact) mass is 363 g/mol. The minimum atomic E-state index is -0.451. The van der Waals surface area contributed by atoms with E-state index in [-0.39, 0.29) is 11.4 Å². The molecule has 1 aromatic heterocycles. The highest BCUT2D eigenvalue weighted by molar-refractivity contribution is 9.10. The van der Waals surface area contributed by atoms with E-state index in [4.69, 9.17) is 11.6 Å². The van der Waals surface area contributed by atoms with E-state index in [2.05, 4.69) is 20.9 Å². The lowest BCUT2D eigenvalue weighted by molar-refractivity contribution is 0.627. The van der Waals surface area contributed by atoms with Crippen LogP contribution in [0.4, 0.5) is 4.39 Å². The van der Waals surface area contributed by atoms with E-state index in [1.807, 2.05) is 24.3 Å². The average molecular weight is 365 g/mol. The maximum absolute atomic E-state index is 13.3. The van der Waals surface area contributed by atoms with Gasteiger partial charge in [-0.05, 0) is 36.4 Å². The molecule has 104 valence electrons. The first kappa shape index (κ1) is 14.1. The third kappa shape index (κ3) is 2.41. The van der Waals surface area contributed by atoms with Crippen molar-refractivity contribution >= 4 is 38.6 Å². The number of benzene rings is 2. The second-order valence-electron chi connectivity index (χ2n) is 4.40. The fourth-order valence-electron chi connectivity index (χ4n) is 2.25. The van der Waals surface area contributed by atoms with Crippen molar-refractivity contribution in [1.29, 1.82) is 5.26 Å². The van der Waals surface area contributed by atoms with Crippen molar-refractivity contribution in [1.82, 2.24) is 9.55 Å². The molecule has 3 aromatic rings. The summed E-state index contributed by atoms with van der Waals surface area (Å²) in [7, 11) is 0. The van der Waals surface area contributed by atoms with Gasteiger partial charge in [0.2, 0.25) is 0 Å². The predicted molar refractivity (Wildman–Crippen MR) is 83.0 cm³/mol. The molecule has 0 unspecified atom stereocenters. The molecule has 0 fully saturated rings. The number of halogens is 3. The van der Waals surface area contributed by atoms with Crippen LogP contribution in [0.25, 0.3) is 16.7 Å². The SMILES string of the molecule is N#Cc1cc(F)ccc1-n1c(CCl)nc2ccc(Br)cc21. The average Bonchev–Trinajstić information content (AvgIpc) is 2.84. The molecule has 0 N–H and O–H groups in total. The van der Waals surface area contributed by atoms with E-state index in [1.165, 1.54) is 12.1 Å². The Bertz CT molecular complexity index is 882. The quantitative estimate of drug-likeness (QED) is 0.627. The molecule has 0 aliphatic heterocycles. The van der Waals surface area contributed by atoms with Gasteiger partial charge in [0.15, 0.2) is 0 Å². The summed E-state index contributed by atoms with van der Waals surface area (Å²) in [6.45, 7) is 0. The minimum Gasteiger partial charge on any atom is -0.294 e. The van der Waals surface area contributed by atoms with Gasteiger partial charge in [0.05, 0.1) is 28.2 Å². The number of alkyl halides is 1. The van der Waals surface area contributed by atoms with Crippen LogP contribution in [0.3, 0.4) is 0 Å². The van der Waals surface area contributed by atoms with Crippen LogP contribution < -0.4 is 0 Å². The number of nitrogens with zero attached hydrogens (tertiary/aromatic N) is 3. The smallest absolute Gasteiger partial charge is 0.129 e. The fourth-order valence-corrected chi connectivity index (χ4v) is 2.78. The summed E-state index contributed by atoms with van der Waals surface area (Å²) in [4.78, 5) is 4.45. The topological polar surface area (TPSA) is 41.6 Å². The molecule has 0 aliphatic carbocycles. The first-order chi connectivity index (χ1) is 10.1. The zero-order valence-electron chi connectivity index (χ0n) is 10.6. The number of nitriles is 1. The van der Waals surface area contributed by atoms with E-state index in [9.17, 15) is 9.65 Å². The third-order valence-corrected chi connectivity index (χ3v) is 3.86. The summed E-state index contributed by atoms with van der Waals surface area (Å²) in [5.41, 5.74) is 2.38. The lowest BCUT2D eigenvalue weighted by Gasteiger charge is -2.10. The molecule has 0 saturated heterocycles. The van der Waals surface area contributed by atoms with Crippen LogP contribution in [0.5, 0.6) is 0 Å². The van der Waals surface area contributed by atoms with Crippen LogP contribution >= 0.6 is 27.5 Å². The molecule has 0 radical (unpaired) electrons. The van der Waals surface area contributed by atoms with Crippen molar-refractivity contribution in [3.8, 4) is 11.8 Å². The zero-order valence-corrected chi connectivity index (χ0v) is 13.0. The highest BCUT2D eigenvalue weighted by Crippen LogP contribution is 2.27. The number of aromatic nitrogens is 2. The predicted octanol–water partition coefficient (Wildman–Crippen LogP) is 4.54. The van der Waals surface area contributed by atoms with E-state index in [0.29, 0.717) is 11.5 Å². The Morgan fingerprint density at radius 2 is 2.10 bits per heavy atom. The zero-order chi connectivity index (χ0) is 15.0. The summed E-state index contributed by atoms with van der Waals surface area (Å²) in [6.07, 6.45) is 0. The lowest BCUT2D eigenvalue weighted by atomic mass is 10.2. The molecule has 0 aliphatic rings. The van der Waals surface area contributed by atoms with Crippen LogP contribution in [-0.2, 0) is 5.88 Å². The molecule has 2 aromatic carbocycles. The van der Waals surface area contributed by atoms with Crippen LogP contribution in [0, 0.1) is 17.1 Å². The highest BCUT2D eigenvalue weighted by Gasteiger charge is 2.15. The van der Waals surface area contributed by atoms with Crippen molar-refractivity contribution in [3.63, 3.8) is 0 Å². The summed E-state index contributed by atoms with van der Waals surface area (Å²) in [5, 5.41) is 9.24. The van der Waals surface area contributed by atoms with Crippen molar-refractivity contribution in [2.24, 2.45) is 0 Å². The van der Waals surface area contributed by atoms with Gasteiger partial charge in [-0.15, -0.1) is 11.6 Å². The molecule has 1 heterocycles. The lowest BCUT2D eigenvalue weighted by Crippen LogP contribution is -2.02. The Hall–Kier alpha value is -1.90. The molecular formula is C15H8BrClFN3. The van der Waals surface area contributed by atoms with Crippen LogP contribution in [-0.4, -0.2) is 9.55 Å². The molecule has 0 saturated carbocycles. The van der Waals surface area contributed by atoms with Gasteiger partial charge in [-0.1, -0.05) is 15.9 Å². The maximum atomic E-state index is 13.3. The van der Waals surface area contributed by atoms with E-state index >= 15 is 0 Å². The Kier molecular flexibility index (Phi) is 3.66. The van der Waals surface area contributed by atoms with Crippen molar-refractivity contribution in [2.75, 3.05) is 0 Å². The molecule has 3 rings (SSSR count). The van der Waals surface area contributed by atoms with Crippen molar-refractivity contribution < 1.29 is 4.39 Å². The number of rotatable bonds is 2. The van der Waals surface area contributed by atoms with Gasteiger partial charge in [0.25, 0.3) is 0 Å². The van der Waals surface area contributed by atoms with Gasteiger partial charge in [0.1, 0.15) is 17.7 Å². The molecule has 0 amide bonds. The molecule has 0 atom stereocenters. The normalized spacial score (nSPS) is 10.8. The Balaban J connectivity index is 2.39. The van der Waals surface area contributed by atoms with Gasteiger partial charge >= 0.3 is 0 Å². The summed E-state index contributed by atoms with van der Waals surface area (Å²) < 4.78 is 16.0. The second kappa shape index (κ2) is 5.47. The largest absolute Gasteiger partial charge is 0.294 e. The molecule has 3 nitrogen and oxygen atoms in total. The second-order valence-corrected chi connectivity index (χ2v) is 5.59. The number of hydrogen-bond acceptors (Lipinski definition) is 2. The first-order valence-electron chi connectivity index (χ1n) is 6.07. The molecule has 21 heavy (non-hydrogen) atoms. The van der Waals surface area contributed by atoms with Gasteiger partial charge in [-0.2, -0.15) is 5.26 Å². The molecular weight excluding hydrogens is 357 g/mol. The summed E-state index contributed by atoms with van der Waals surface area (Å²) in [6, 6.07) is 11.7. The Morgan fingerprint density at radius 3 is 2.81 bits per heavy atom. The van der Waals surface area contributed by atoms with E-state index in [1.54, 1.807) is 10.6 Å². The van der Waals surface area contributed by atoms with Crippen LogP contribution in [0.1, 0.15) is 11.4 Å². The minimum absolute atomic E-state index is 0.189.